The van der Waals surface area contributed by atoms with Crippen molar-refractivity contribution in [3.8, 4) is 5.75 Å². The van der Waals surface area contributed by atoms with Crippen molar-refractivity contribution in [2.45, 2.75) is 56.9 Å². The number of ether oxygens (including phenoxy) is 1. The Hall–Kier alpha value is -1.66. The fourth-order valence-corrected chi connectivity index (χ4v) is 3.91. The van der Waals surface area contributed by atoms with E-state index in [1.807, 2.05) is 0 Å². The van der Waals surface area contributed by atoms with Crippen molar-refractivity contribution in [3.63, 3.8) is 0 Å². The predicted octanol–water partition coefficient (Wildman–Crippen LogP) is 1.70. The molecule has 0 spiro atoms. The van der Waals surface area contributed by atoms with E-state index in [1.54, 1.807) is 12.1 Å². The first kappa shape index (κ1) is 17.2. The van der Waals surface area contributed by atoms with E-state index in [4.69, 9.17) is 4.74 Å². The molecule has 1 saturated heterocycles. The summed E-state index contributed by atoms with van der Waals surface area (Å²) in [6.45, 7) is 3.33. The number of piperidine rings is 1. The van der Waals surface area contributed by atoms with Gasteiger partial charge < -0.3 is 15.2 Å². The highest BCUT2D eigenvalue weighted by Gasteiger charge is 2.47. The minimum absolute atomic E-state index is 0.111. The number of carbonyl (C=O) groups excluding carboxylic acids is 1. The molecule has 0 bridgehead atoms. The average Bonchev–Trinajstić information content (AvgIpc) is 2.83. The molecule has 2 N–H and O–H groups in total. The van der Waals surface area contributed by atoms with Crippen molar-refractivity contribution < 1.29 is 19.0 Å². The number of halogens is 1. The van der Waals surface area contributed by atoms with Crippen molar-refractivity contribution in [2.75, 3.05) is 13.1 Å². The second kappa shape index (κ2) is 7.49. The SMILES string of the molecule is CC(=O)N[C@@H]1C[C@@H](Oc2cccc(F)c2)[C@H](O)[C@H]1N1CCCCC1. The minimum atomic E-state index is -0.719. The van der Waals surface area contributed by atoms with Crippen LogP contribution in [0.5, 0.6) is 5.75 Å². The lowest BCUT2D eigenvalue weighted by Crippen LogP contribution is -2.54. The fourth-order valence-electron chi connectivity index (χ4n) is 3.91. The maximum absolute atomic E-state index is 13.3. The lowest BCUT2D eigenvalue weighted by molar-refractivity contribution is -0.120. The van der Waals surface area contributed by atoms with Gasteiger partial charge in [-0.15, -0.1) is 0 Å². The molecule has 4 atom stereocenters. The van der Waals surface area contributed by atoms with Gasteiger partial charge in [-0.05, 0) is 38.1 Å². The zero-order valence-corrected chi connectivity index (χ0v) is 14.0. The summed E-state index contributed by atoms with van der Waals surface area (Å²) < 4.78 is 19.2. The maximum atomic E-state index is 13.3. The van der Waals surface area contributed by atoms with Gasteiger partial charge in [0.1, 0.15) is 23.8 Å². The molecule has 1 heterocycles. The van der Waals surface area contributed by atoms with Crippen molar-refractivity contribution in [1.29, 1.82) is 0 Å². The van der Waals surface area contributed by atoms with Crippen LogP contribution in [-0.4, -0.2) is 53.3 Å². The molecule has 2 fully saturated rings. The Balaban J connectivity index is 1.75. The molecule has 6 heteroatoms. The number of aliphatic hydroxyl groups is 1. The van der Waals surface area contributed by atoms with Gasteiger partial charge in [0.15, 0.2) is 0 Å². The minimum Gasteiger partial charge on any atom is -0.487 e. The molecule has 24 heavy (non-hydrogen) atoms. The van der Waals surface area contributed by atoms with Crippen molar-refractivity contribution in [2.24, 2.45) is 0 Å². The van der Waals surface area contributed by atoms with E-state index in [-0.39, 0.29) is 23.8 Å². The van der Waals surface area contributed by atoms with Crippen LogP contribution in [0.25, 0.3) is 0 Å². The largest absolute Gasteiger partial charge is 0.487 e. The van der Waals surface area contributed by atoms with Gasteiger partial charge in [-0.3, -0.25) is 9.69 Å². The number of aliphatic hydroxyl groups excluding tert-OH is 1. The molecule has 0 unspecified atom stereocenters. The van der Waals surface area contributed by atoms with E-state index >= 15 is 0 Å². The Kier molecular flexibility index (Phi) is 5.36. The van der Waals surface area contributed by atoms with E-state index < -0.39 is 12.2 Å². The summed E-state index contributed by atoms with van der Waals surface area (Å²) in [6.07, 6.45) is 2.74. The summed E-state index contributed by atoms with van der Waals surface area (Å²) in [5.74, 6) is -0.0773. The first-order valence-corrected chi connectivity index (χ1v) is 8.66. The molecule has 1 saturated carbocycles. The number of amides is 1. The van der Waals surface area contributed by atoms with Gasteiger partial charge >= 0.3 is 0 Å². The van der Waals surface area contributed by atoms with Gasteiger partial charge in [-0.1, -0.05) is 12.5 Å². The first-order chi connectivity index (χ1) is 11.5. The number of rotatable bonds is 4. The van der Waals surface area contributed by atoms with E-state index in [2.05, 4.69) is 10.2 Å². The molecule has 5 nitrogen and oxygen atoms in total. The lowest BCUT2D eigenvalue weighted by atomic mass is 10.0. The fraction of sp³-hybridized carbons (Fsp3) is 0.611. The van der Waals surface area contributed by atoms with Crippen LogP contribution in [0.15, 0.2) is 24.3 Å². The molecular weight excluding hydrogens is 311 g/mol. The molecule has 0 aromatic heterocycles. The number of nitrogens with one attached hydrogen (secondary N) is 1. The van der Waals surface area contributed by atoms with E-state index in [9.17, 15) is 14.3 Å². The standard InChI is InChI=1S/C18H25FN2O3/c1-12(22)20-15-11-16(24-14-7-5-6-13(19)10-14)18(23)17(15)21-8-3-2-4-9-21/h5-7,10,15-18,23H,2-4,8-9,11H2,1H3,(H,20,22)/t15-,16-,17+,18+/m1/s1. The van der Waals surface area contributed by atoms with Crippen LogP contribution in [0.4, 0.5) is 4.39 Å². The van der Waals surface area contributed by atoms with E-state index in [0.29, 0.717) is 12.2 Å². The Bertz CT molecular complexity index is 577. The van der Waals surface area contributed by atoms with Crippen LogP contribution in [-0.2, 0) is 4.79 Å². The van der Waals surface area contributed by atoms with Gasteiger partial charge in [-0.25, -0.2) is 4.39 Å². The number of hydrogen-bond acceptors (Lipinski definition) is 4. The van der Waals surface area contributed by atoms with Crippen LogP contribution in [0, 0.1) is 5.82 Å². The van der Waals surface area contributed by atoms with Crippen molar-refractivity contribution in [3.05, 3.63) is 30.1 Å². The number of benzene rings is 1. The second-order valence-corrected chi connectivity index (χ2v) is 6.73. The Labute approximate surface area is 141 Å². The van der Waals surface area contributed by atoms with Crippen LogP contribution in [0.3, 0.4) is 0 Å². The molecule has 0 radical (unpaired) electrons. The molecule has 1 aromatic carbocycles. The van der Waals surface area contributed by atoms with E-state index in [0.717, 1.165) is 25.9 Å². The van der Waals surface area contributed by atoms with Gasteiger partial charge in [-0.2, -0.15) is 0 Å². The smallest absolute Gasteiger partial charge is 0.217 e. The monoisotopic (exact) mass is 336 g/mol. The highest BCUT2D eigenvalue weighted by Crippen LogP contribution is 2.31. The quantitative estimate of drug-likeness (QED) is 0.878. The maximum Gasteiger partial charge on any atom is 0.217 e. The zero-order chi connectivity index (χ0) is 17.1. The lowest BCUT2D eigenvalue weighted by Gasteiger charge is -2.37. The Morgan fingerprint density at radius 1 is 1.33 bits per heavy atom. The first-order valence-electron chi connectivity index (χ1n) is 8.66. The third-order valence-electron chi connectivity index (χ3n) is 4.91. The summed E-state index contributed by atoms with van der Waals surface area (Å²) >= 11 is 0. The number of carbonyl (C=O) groups is 1. The van der Waals surface area contributed by atoms with E-state index in [1.165, 1.54) is 25.5 Å². The molecule has 1 aromatic rings. The molecule has 132 valence electrons. The Morgan fingerprint density at radius 2 is 2.08 bits per heavy atom. The van der Waals surface area contributed by atoms with Gasteiger partial charge in [0.2, 0.25) is 5.91 Å². The Morgan fingerprint density at radius 3 is 2.75 bits per heavy atom. The summed E-state index contributed by atoms with van der Waals surface area (Å²) in [5.41, 5.74) is 0. The molecular formula is C18H25FN2O3. The van der Waals surface area contributed by atoms with Crippen LogP contribution in [0.1, 0.15) is 32.6 Å². The number of likely N-dealkylation sites (tertiary alicyclic amines) is 1. The molecule has 1 amide bonds. The highest BCUT2D eigenvalue weighted by molar-refractivity contribution is 5.73. The highest BCUT2D eigenvalue weighted by atomic mass is 19.1. The van der Waals surface area contributed by atoms with Crippen LogP contribution in [0.2, 0.25) is 0 Å². The third kappa shape index (κ3) is 3.87. The van der Waals surface area contributed by atoms with Crippen LogP contribution < -0.4 is 10.1 Å². The number of nitrogens with zero attached hydrogens (tertiary/aromatic N) is 1. The molecule has 3 rings (SSSR count). The summed E-state index contributed by atoms with van der Waals surface area (Å²) in [6, 6.07) is 5.61. The van der Waals surface area contributed by atoms with Gasteiger partial charge in [0, 0.05) is 19.4 Å². The third-order valence-corrected chi connectivity index (χ3v) is 4.91. The van der Waals surface area contributed by atoms with Gasteiger partial charge in [0.05, 0.1) is 12.1 Å². The number of hydrogen-bond donors (Lipinski definition) is 2. The van der Waals surface area contributed by atoms with Crippen LogP contribution >= 0.6 is 0 Å². The zero-order valence-electron chi connectivity index (χ0n) is 14.0. The second-order valence-electron chi connectivity index (χ2n) is 6.73. The van der Waals surface area contributed by atoms with Gasteiger partial charge in [0.25, 0.3) is 0 Å². The summed E-state index contributed by atoms with van der Waals surface area (Å²) in [7, 11) is 0. The normalized spacial score (nSPS) is 31.0. The topological polar surface area (TPSA) is 61.8 Å². The predicted molar refractivity (Wildman–Crippen MR) is 88.3 cm³/mol. The molecule has 1 aliphatic heterocycles. The molecule has 1 aliphatic carbocycles. The van der Waals surface area contributed by atoms with Crippen molar-refractivity contribution in [1.82, 2.24) is 10.2 Å². The summed E-state index contributed by atoms with van der Waals surface area (Å²) in [4.78, 5) is 13.8. The van der Waals surface area contributed by atoms with Crippen molar-refractivity contribution >= 4 is 5.91 Å². The summed E-state index contributed by atoms with van der Waals surface area (Å²) in [5, 5.41) is 13.8. The molecule has 2 aliphatic rings. The average molecular weight is 336 g/mol.